The third-order valence-electron chi connectivity index (χ3n) is 3.93. The second-order valence-electron chi connectivity index (χ2n) is 6.45. The van der Waals surface area contributed by atoms with E-state index in [9.17, 15) is 4.79 Å². The summed E-state index contributed by atoms with van der Waals surface area (Å²) in [6.07, 6.45) is 1.67. The number of aromatic nitrogens is 1. The molecule has 0 bridgehead atoms. The van der Waals surface area contributed by atoms with Crippen molar-refractivity contribution in [2.45, 2.75) is 26.7 Å². The second kappa shape index (κ2) is 12.7. The van der Waals surface area contributed by atoms with Crippen LogP contribution < -0.4 is 10.6 Å². The predicted molar refractivity (Wildman–Crippen MR) is 128 cm³/mol. The third-order valence-corrected chi connectivity index (χ3v) is 4.76. The van der Waals surface area contributed by atoms with E-state index in [1.54, 1.807) is 30.3 Å². The summed E-state index contributed by atoms with van der Waals surface area (Å²) in [6.45, 7) is 6.34. The maximum absolute atomic E-state index is 12.1. The fourth-order valence-corrected chi connectivity index (χ4v) is 3.24. The van der Waals surface area contributed by atoms with Gasteiger partial charge in [0.2, 0.25) is 0 Å². The molecule has 0 saturated carbocycles. The summed E-state index contributed by atoms with van der Waals surface area (Å²) in [6, 6.07) is 7.79. The predicted octanol–water partition coefficient (Wildman–Crippen LogP) is 3.11. The van der Waals surface area contributed by atoms with Gasteiger partial charge in [0, 0.05) is 51.1 Å². The van der Waals surface area contributed by atoms with Crippen LogP contribution in [0.3, 0.4) is 0 Å². The van der Waals surface area contributed by atoms with Gasteiger partial charge in [-0.1, -0.05) is 12.1 Å². The number of benzene rings is 1. The number of nitrogens with zero attached hydrogens (tertiary/aromatic N) is 3. The number of carbonyl (C=O) groups excluding carboxylic acids is 1. The van der Waals surface area contributed by atoms with E-state index in [0.29, 0.717) is 6.54 Å². The van der Waals surface area contributed by atoms with Gasteiger partial charge in [0.25, 0.3) is 5.91 Å². The minimum absolute atomic E-state index is 0. The molecule has 0 aliphatic rings. The Hall–Kier alpha value is -1.68. The molecule has 2 N–H and O–H groups in total. The minimum atomic E-state index is 0. The zero-order chi connectivity index (χ0) is 19.6. The van der Waals surface area contributed by atoms with Gasteiger partial charge in [0.05, 0.1) is 10.7 Å². The van der Waals surface area contributed by atoms with Gasteiger partial charge in [-0.25, -0.2) is 4.98 Å². The van der Waals surface area contributed by atoms with Crippen molar-refractivity contribution in [2.75, 3.05) is 33.7 Å². The van der Waals surface area contributed by atoms with Crippen LogP contribution in [0.5, 0.6) is 0 Å². The summed E-state index contributed by atoms with van der Waals surface area (Å²) in [5.41, 5.74) is 2.94. The largest absolute Gasteiger partial charge is 0.357 e. The van der Waals surface area contributed by atoms with E-state index in [-0.39, 0.29) is 29.9 Å². The molecule has 1 heterocycles. The molecule has 6 nitrogen and oxygen atoms in total. The minimum Gasteiger partial charge on any atom is -0.357 e. The molecule has 1 aromatic heterocycles. The molecule has 0 fully saturated rings. The average molecular weight is 515 g/mol. The van der Waals surface area contributed by atoms with Crippen molar-refractivity contribution in [1.29, 1.82) is 0 Å². The lowest BCUT2D eigenvalue weighted by molar-refractivity contribution is 0.0827. The fraction of sp³-hybridized carbons (Fsp3) is 0.450. The van der Waals surface area contributed by atoms with Crippen molar-refractivity contribution in [3.05, 3.63) is 51.5 Å². The molecular weight excluding hydrogens is 485 g/mol. The van der Waals surface area contributed by atoms with Crippen molar-refractivity contribution in [3.63, 3.8) is 0 Å². The second-order valence-corrected chi connectivity index (χ2v) is 7.51. The molecule has 0 atom stereocenters. The van der Waals surface area contributed by atoms with Crippen LogP contribution in [0.1, 0.15) is 33.5 Å². The Bertz CT molecular complexity index is 775. The molecular formula is C20H30IN5OS. The Kier molecular flexibility index (Phi) is 11.1. The normalized spacial score (nSPS) is 10.9. The number of guanidine groups is 1. The third kappa shape index (κ3) is 8.14. The van der Waals surface area contributed by atoms with Gasteiger partial charge in [0.1, 0.15) is 0 Å². The highest BCUT2D eigenvalue weighted by molar-refractivity contribution is 14.0. The van der Waals surface area contributed by atoms with E-state index in [1.807, 2.05) is 31.2 Å². The SMILES string of the molecule is CCNC(=NCCc1csc(C)n1)NCCc1cccc(C(=O)N(C)C)c1.I. The summed E-state index contributed by atoms with van der Waals surface area (Å²) in [5, 5.41) is 9.81. The molecule has 0 spiro atoms. The molecule has 28 heavy (non-hydrogen) atoms. The van der Waals surface area contributed by atoms with E-state index < -0.39 is 0 Å². The zero-order valence-electron chi connectivity index (χ0n) is 17.0. The first-order valence-corrected chi connectivity index (χ1v) is 10.1. The Morgan fingerprint density at radius 2 is 2.04 bits per heavy atom. The van der Waals surface area contributed by atoms with E-state index in [4.69, 9.17) is 0 Å². The van der Waals surface area contributed by atoms with E-state index >= 15 is 0 Å². The topological polar surface area (TPSA) is 69.6 Å². The fourth-order valence-electron chi connectivity index (χ4n) is 2.59. The molecule has 0 aliphatic carbocycles. The molecule has 8 heteroatoms. The first kappa shape index (κ1) is 24.4. The Labute approximate surface area is 188 Å². The number of halogens is 1. The number of hydrogen-bond acceptors (Lipinski definition) is 4. The van der Waals surface area contributed by atoms with Crippen LogP contribution in [0, 0.1) is 6.92 Å². The first-order chi connectivity index (χ1) is 13.0. The monoisotopic (exact) mass is 515 g/mol. The number of aliphatic imine (C=N–C) groups is 1. The Balaban J connectivity index is 0.00000392. The molecule has 154 valence electrons. The molecule has 0 unspecified atom stereocenters. The lowest BCUT2D eigenvalue weighted by atomic mass is 10.1. The number of rotatable bonds is 8. The Morgan fingerprint density at radius 1 is 1.25 bits per heavy atom. The molecule has 2 aromatic rings. The van der Waals surface area contributed by atoms with Gasteiger partial charge in [-0.2, -0.15) is 0 Å². The van der Waals surface area contributed by atoms with Gasteiger partial charge in [-0.3, -0.25) is 9.79 Å². The van der Waals surface area contributed by atoms with Crippen molar-refractivity contribution in [2.24, 2.45) is 4.99 Å². The van der Waals surface area contributed by atoms with Gasteiger partial charge in [-0.15, -0.1) is 35.3 Å². The molecule has 2 rings (SSSR count). The number of aryl methyl sites for hydroxylation is 1. The summed E-state index contributed by atoms with van der Waals surface area (Å²) in [4.78, 5) is 22.8. The highest BCUT2D eigenvalue weighted by Crippen LogP contribution is 2.09. The van der Waals surface area contributed by atoms with E-state index in [2.05, 4.69) is 32.9 Å². The Morgan fingerprint density at radius 3 is 2.68 bits per heavy atom. The summed E-state index contributed by atoms with van der Waals surface area (Å²) in [5.74, 6) is 0.835. The van der Waals surface area contributed by atoms with Crippen LogP contribution in [-0.4, -0.2) is 55.5 Å². The van der Waals surface area contributed by atoms with E-state index in [1.165, 1.54) is 0 Å². The molecule has 0 saturated heterocycles. The number of carbonyl (C=O) groups is 1. The lowest BCUT2D eigenvalue weighted by Crippen LogP contribution is -2.38. The van der Waals surface area contributed by atoms with Crippen LogP contribution in [0.4, 0.5) is 0 Å². The van der Waals surface area contributed by atoms with Crippen LogP contribution in [0.15, 0.2) is 34.6 Å². The quantitative estimate of drug-likeness (QED) is 0.322. The number of thiazole rings is 1. The summed E-state index contributed by atoms with van der Waals surface area (Å²) in [7, 11) is 3.53. The zero-order valence-corrected chi connectivity index (χ0v) is 20.1. The summed E-state index contributed by atoms with van der Waals surface area (Å²) >= 11 is 1.67. The highest BCUT2D eigenvalue weighted by atomic mass is 127. The lowest BCUT2D eigenvalue weighted by Gasteiger charge is -2.13. The van der Waals surface area contributed by atoms with Crippen LogP contribution in [0.2, 0.25) is 0 Å². The van der Waals surface area contributed by atoms with Crippen molar-refractivity contribution >= 4 is 47.2 Å². The smallest absolute Gasteiger partial charge is 0.253 e. The van der Waals surface area contributed by atoms with Gasteiger partial charge < -0.3 is 15.5 Å². The molecule has 1 amide bonds. The van der Waals surface area contributed by atoms with Crippen LogP contribution in [-0.2, 0) is 12.8 Å². The number of amides is 1. The van der Waals surface area contributed by atoms with Gasteiger partial charge >= 0.3 is 0 Å². The van der Waals surface area contributed by atoms with Gasteiger partial charge in [-0.05, 0) is 38.0 Å². The molecule has 0 radical (unpaired) electrons. The van der Waals surface area contributed by atoms with Crippen molar-refractivity contribution in [3.8, 4) is 0 Å². The maximum Gasteiger partial charge on any atom is 0.253 e. The van der Waals surface area contributed by atoms with Crippen molar-refractivity contribution in [1.82, 2.24) is 20.5 Å². The number of hydrogen-bond donors (Lipinski definition) is 2. The van der Waals surface area contributed by atoms with Crippen LogP contribution >= 0.6 is 35.3 Å². The number of nitrogens with one attached hydrogen (secondary N) is 2. The summed E-state index contributed by atoms with van der Waals surface area (Å²) < 4.78 is 0. The maximum atomic E-state index is 12.1. The molecule has 1 aromatic carbocycles. The standard InChI is InChI=1S/C20H29N5OS.HI/c1-5-21-20(23-12-10-18-14-27-15(2)24-18)22-11-9-16-7-6-8-17(13-16)19(26)25(3)4;/h6-8,13-14H,5,9-12H2,1-4H3,(H2,21,22,23);1H. The highest BCUT2D eigenvalue weighted by Gasteiger charge is 2.08. The van der Waals surface area contributed by atoms with Crippen molar-refractivity contribution < 1.29 is 4.79 Å². The van der Waals surface area contributed by atoms with Crippen LogP contribution in [0.25, 0.3) is 0 Å². The van der Waals surface area contributed by atoms with E-state index in [0.717, 1.165) is 53.7 Å². The van der Waals surface area contributed by atoms with Gasteiger partial charge in [0.15, 0.2) is 5.96 Å². The first-order valence-electron chi connectivity index (χ1n) is 9.23. The molecule has 0 aliphatic heterocycles. The average Bonchev–Trinajstić information content (AvgIpc) is 3.06.